The van der Waals surface area contributed by atoms with Crippen molar-refractivity contribution in [2.45, 2.75) is 52.0 Å². The van der Waals surface area contributed by atoms with Crippen molar-refractivity contribution in [2.75, 3.05) is 22.9 Å². The molecule has 5 rings (SSSR count). The SMILES string of the molecule is CCC(=O)N1c2ccccc2N=C2C[C@H](c3ccc(N(CC)CC)cc3)CC(=O)[C@@H]2[C@H]1c1ccccc1. The Balaban J connectivity index is 1.58. The van der Waals surface area contributed by atoms with Crippen molar-refractivity contribution < 1.29 is 9.59 Å². The maximum absolute atomic E-state index is 14.0. The summed E-state index contributed by atoms with van der Waals surface area (Å²) in [4.78, 5) is 36.7. The van der Waals surface area contributed by atoms with Gasteiger partial charge in [-0.15, -0.1) is 0 Å². The number of Topliss-reactive ketones (excluding diaryl/α,β-unsaturated/α-hetero) is 1. The molecule has 3 aromatic rings. The summed E-state index contributed by atoms with van der Waals surface area (Å²) >= 11 is 0. The van der Waals surface area contributed by atoms with Gasteiger partial charge in [0.05, 0.1) is 23.3 Å². The number of amides is 1. The zero-order valence-corrected chi connectivity index (χ0v) is 21.9. The Labute approximate surface area is 219 Å². The monoisotopic (exact) mass is 493 g/mol. The molecular formula is C32H35N3O2. The van der Waals surface area contributed by atoms with Gasteiger partial charge in [-0.1, -0.05) is 61.5 Å². The molecule has 0 bridgehead atoms. The summed E-state index contributed by atoms with van der Waals surface area (Å²) in [5.74, 6) is -0.236. The lowest BCUT2D eigenvalue weighted by Gasteiger charge is -2.39. The fourth-order valence-corrected chi connectivity index (χ4v) is 5.93. The average molecular weight is 494 g/mol. The first-order valence-electron chi connectivity index (χ1n) is 13.5. The molecule has 5 nitrogen and oxygen atoms in total. The highest BCUT2D eigenvalue weighted by atomic mass is 16.2. The van der Waals surface area contributed by atoms with Crippen LogP contribution in [0.5, 0.6) is 0 Å². The van der Waals surface area contributed by atoms with Crippen molar-refractivity contribution in [2.24, 2.45) is 10.9 Å². The molecule has 190 valence electrons. The van der Waals surface area contributed by atoms with Crippen molar-refractivity contribution in [3.05, 3.63) is 90.0 Å². The van der Waals surface area contributed by atoms with E-state index in [2.05, 4.69) is 43.0 Å². The fraction of sp³-hybridized carbons (Fsp3) is 0.344. The van der Waals surface area contributed by atoms with Crippen LogP contribution < -0.4 is 9.80 Å². The van der Waals surface area contributed by atoms with Crippen molar-refractivity contribution in [3.8, 4) is 0 Å². The third-order valence-electron chi connectivity index (χ3n) is 7.81. The summed E-state index contributed by atoms with van der Waals surface area (Å²) in [6, 6.07) is 26.0. The van der Waals surface area contributed by atoms with Crippen LogP contribution in [0.1, 0.15) is 63.1 Å². The third-order valence-corrected chi connectivity index (χ3v) is 7.81. The van der Waals surface area contributed by atoms with Crippen molar-refractivity contribution >= 4 is 34.5 Å². The lowest BCUT2D eigenvalue weighted by molar-refractivity contribution is -0.123. The molecule has 1 fully saturated rings. The van der Waals surface area contributed by atoms with Gasteiger partial charge in [-0.2, -0.15) is 0 Å². The van der Waals surface area contributed by atoms with Gasteiger partial charge in [0.25, 0.3) is 0 Å². The van der Waals surface area contributed by atoms with Crippen LogP contribution >= 0.6 is 0 Å². The van der Waals surface area contributed by atoms with Crippen LogP contribution in [0.25, 0.3) is 0 Å². The molecule has 3 aromatic carbocycles. The maximum Gasteiger partial charge on any atom is 0.227 e. The number of carbonyl (C=O) groups excluding carboxylic acids is 2. The number of carbonyl (C=O) groups is 2. The predicted octanol–water partition coefficient (Wildman–Crippen LogP) is 6.87. The van der Waals surface area contributed by atoms with Gasteiger partial charge in [-0.05, 0) is 61.6 Å². The summed E-state index contributed by atoms with van der Waals surface area (Å²) in [6.45, 7) is 8.12. The Kier molecular flexibility index (Phi) is 7.22. The van der Waals surface area contributed by atoms with Gasteiger partial charge in [-0.3, -0.25) is 14.6 Å². The van der Waals surface area contributed by atoms with Gasteiger partial charge in [0.2, 0.25) is 5.91 Å². The Morgan fingerprint density at radius 2 is 1.54 bits per heavy atom. The van der Waals surface area contributed by atoms with Gasteiger partial charge < -0.3 is 9.80 Å². The largest absolute Gasteiger partial charge is 0.372 e. The van der Waals surface area contributed by atoms with Crippen LogP contribution in [0, 0.1) is 5.92 Å². The van der Waals surface area contributed by atoms with Crippen LogP contribution in [0.3, 0.4) is 0 Å². The molecule has 0 aromatic heterocycles. The van der Waals surface area contributed by atoms with Gasteiger partial charge in [0, 0.05) is 37.3 Å². The van der Waals surface area contributed by atoms with Gasteiger partial charge in [0.1, 0.15) is 5.78 Å². The van der Waals surface area contributed by atoms with E-state index >= 15 is 0 Å². The number of para-hydroxylation sites is 2. The number of benzene rings is 3. The van der Waals surface area contributed by atoms with E-state index in [9.17, 15) is 9.59 Å². The molecule has 2 aliphatic rings. The van der Waals surface area contributed by atoms with Crippen LogP contribution in [0.15, 0.2) is 83.9 Å². The molecule has 1 aliphatic carbocycles. The van der Waals surface area contributed by atoms with Crippen LogP contribution in [0.4, 0.5) is 17.1 Å². The number of ketones is 1. The summed E-state index contributed by atoms with van der Waals surface area (Å²) in [5, 5.41) is 0. The molecule has 0 saturated heterocycles. The lowest BCUT2D eigenvalue weighted by Crippen LogP contribution is -2.45. The predicted molar refractivity (Wildman–Crippen MR) is 151 cm³/mol. The molecule has 1 amide bonds. The Hall–Kier alpha value is -3.73. The molecule has 5 heteroatoms. The highest BCUT2D eigenvalue weighted by Crippen LogP contribution is 2.47. The van der Waals surface area contributed by atoms with E-state index in [-0.39, 0.29) is 17.6 Å². The standard InChI is InChI=1S/C32H35N3O2/c1-4-30(37)35-28-15-11-10-14-26(28)33-27-20-24(22-16-18-25(19-17-22)34(5-2)6-3)21-29(36)31(27)32(35)23-12-8-7-9-13-23/h7-19,24,31-32H,4-6,20-21H2,1-3H3/t24-,31+,32+/m0/s1. The Morgan fingerprint density at radius 1 is 0.865 bits per heavy atom. The number of fused-ring (bicyclic) bond motifs is 2. The van der Waals surface area contributed by atoms with Gasteiger partial charge in [-0.25, -0.2) is 0 Å². The number of anilines is 2. The number of nitrogens with zero attached hydrogens (tertiary/aromatic N) is 3. The first-order chi connectivity index (χ1) is 18.0. The minimum atomic E-state index is -0.462. The second kappa shape index (κ2) is 10.7. The fourth-order valence-electron chi connectivity index (χ4n) is 5.93. The second-order valence-corrected chi connectivity index (χ2v) is 9.88. The van der Waals surface area contributed by atoms with E-state index in [0.29, 0.717) is 19.3 Å². The summed E-state index contributed by atoms with van der Waals surface area (Å²) < 4.78 is 0. The second-order valence-electron chi connectivity index (χ2n) is 9.88. The number of rotatable bonds is 6. The molecule has 1 aliphatic heterocycles. The molecule has 3 atom stereocenters. The van der Waals surface area contributed by atoms with E-state index in [1.54, 1.807) is 0 Å². The van der Waals surface area contributed by atoms with Crippen LogP contribution in [-0.2, 0) is 9.59 Å². The third kappa shape index (κ3) is 4.71. The quantitative estimate of drug-likeness (QED) is 0.377. The highest BCUT2D eigenvalue weighted by Gasteiger charge is 2.45. The van der Waals surface area contributed by atoms with Crippen LogP contribution in [0.2, 0.25) is 0 Å². The number of aliphatic imine (C=N–C) groups is 1. The average Bonchev–Trinajstić information content (AvgIpc) is 3.09. The molecular weight excluding hydrogens is 458 g/mol. The van der Waals surface area contributed by atoms with E-state index in [1.165, 1.54) is 11.3 Å². The zero-order valence-electron chi connectivity index (χ0n) is 21.9. The normalized spacial score (nSPS) is 20.9. The van der Waals surface area contributed by atoms with Gasteiger partial charge in [0.15, 0.2) is 0 Å². The topological polar surface area (TPSA) is 53.0 Å². The maximum atomic E-state index is 14.0. The molecule has 0 N–H and O–H groups in total. The summed E-state index contributed by atoms with van der Waals surface area (Å²) in [6.07, 6.45) is 1.50. The first kappa shape index (κ1) is 24.9. The minimum Gasteiger partial charge on any atom is -0.372 e. The zero-order chi connectivity index (χ0) is 25.9. The molecule has 1 saturated carbocycles. The smallest absolute Gasteiger partial charge is 0.227 e. The van der Waals surface area contributed by atoms with E-state index in [4.69, 9.17) is 4.99 Å². The van der Waals surface area contributed by atoms with E-state index < -0.39 is 12.0 Å². The summed E-state index contributed by atoms with van der Waals surface area (Å²) in [5.41, 5.74) is 5.75. The van der Waals surface area contributed by atoms with Crippen molar-refractivity contribution in [3.63, 3.8) is 0 Å². The van der Waals surface area contributed by atoms with E-state index in [1.807, 2.05) is 66.4 Å². The molecule has 0 spiro atoms. The number of hydrogen-bond acceptors (Lipinski definition) is 4. The highest BCUT2D eigenvalue weighted by molar-refractivity contribution is 6.13. The van der Waals surface area contributed by atoms with Crippen molar-refractivity contribution in [1.82, 2.24) is 0 Å². The van der Waals surface area contributed by atoms with Gasteiger partial charge >= 0.3 is 0 Å². The number of hydrogen-bond donors (Lipinski definition) is 0. The molecule has 37 heavy (non-hydrogen) atoms. The van der Waals surface area contributed by atoms with E-state index in [0.717, 1.165) is 35.7 Å². The van der Waals surface area contributed by atoms with Crippen molar-refractivity contribution in [1.29, 1.82) is 0 Å². The lowest BCUT2D eigenvalue weighted by atomic mass is 9.72. The molecule has 1 heterocycles. The first-order valence-corrected chi connectivity index (χ1v) is 13.5. The Morgan fingerprint density at radius 3 is 2.22 bits per heavy atom. The Bertz CT molecular complexity index is 1300. The van der Waals surface area contributed by atoms with Crippen LogP contribution in [-0.4, -0.2) is 30.5 Å². The summed E-state index contributed by atoms with van der Waals surface area (Å²) in [7, 11) is 0. The molecule has 0 radical (unpaired) electrons. The molecule has 0 unspecified atom stereocenters. The minimum absolute atomic E-state index is 0.000308.